The maximum Gasteiger partial charge on any atom is 0.258 e. The van der Waals surface area contributed by atoms with E-state index in [4.69, 9.17) is 0 Å². The number of nitrogens with one attached hydrogen (secondary N) is 2. The molecule has 2 heterocycles. The van der Waals surface area contributed by atoms with Crippen LogP contribution in [-0.4, -0.2) is 26.1 Å². The van der Waals surface area contributed by atoms with Crippen LogP contribution < -0.4 is 10.9 Å². The van der Waals surface area contributed by atoms with Gasteiger partial charge in [0.1, 0.15) is 5.82 Å². The topological polar surface area (TPSA) is 75.6 Å². The number of benzene rings is 1. The molecule has 0 saturated carbocycles. The number of para-hydroxylation sites is 1. The Morgan fingerprint density at radius 1 is 1.30 bits per heavy atom. The molecule has 6 heteroatoms. The zero-order valence-corrected chi connectivity index (χ0v) is 10.9. The van der Waals surface area contributed by atoms with Crippen LogP contribution in [0.3, 0.4) is 0 Å². The number of hydrogen-bond acceptors (Lipinski definition) is 4. The van der Waals surface area contributed by atoms with Crippen molar-refractivity contribution in [3.8, 4) is 0 Å². The predicted octanol–water partition coefficient (Wildman–Crippen LogP) is 0.909. The lowest BCUT2D eigenvalue weighted by Crippen LogP contribution is -2.22. The Balaban J connectivity index is 1.64. The van der Waals surface area contributed by atoms with E-state index in [1.165, 1.54) is 0 Å². The van der Waals surface area contributed by atoms with Gasteiger partial charge in [0.05, 0.1) is 23.8 Å². The summed E-state index contributed by atoms with van der Waals surface area (Å²) in [6, 6.07) is 7.34. The second kappa shape index (κ2) is 5.66. The molecular formula is C14H15N5O. The zero-order valence-electron chi connectivity index (χ0n) is 10.9. The Morgan fingerprint density at radius 3 is 3.05 bits per heavy atom. The highest BCUT2D eigenvalue weighted by Gasteiger charge is 2.02. The molecule has 0 atom stereocenters. The van der Waals surface area contributed by atoms with Crippen molar-refractivity contribution in [3.63, 3.8) is 0 Å². The summed E-state index contributed by atoms with van der Waals surface area (Å²) in [5, 5.41) is 3.87. The molecule has 0 radical (unpaired) electrons. The third-order valence-electron chi connectivity index (χ3n) is 3.06. The lowest BCUT2D eigenvalue weighted by Gasteiger charge is -2.06. The third-order valence-corrected chi connectivity index (χ3v) is 3.06. The first kappa shape index (κ1) is 12.6. The number of H-pyrrole nitrogens is 1. The number of nitrogens with zero attached hydrogens (tertiary/aromatic N) is 3. The van der Waals surface area contributed by atoms with Crippen molar-refractivity contribution in [1.29, 1.82) is 0 Å². The Hall–Kier alpha value is -2.47. The van der Waals surface area contributed by atoms with E-state index in [0.717, 1.165) is 18.6 Å². The molecule has 0 amide bonds. The molecule has 0 saturated heterocycles. The van der Waals surface area contributed by atoms with Gasteiger partial charge in [-0.15, -0.1) is 0 Å². The molecule has 1 aromatic carbocycles. The van der Waals surface area contributed by atoms with Crippen molar-refractivity contribution in [2.75, 3.05) is 6.54 Å². The van der Waals surface area contributed by atoms with Gasteiger partial charge in [-0.25, -0.2) is 9.97 Å². The van der Waals surface area contributed by atoms with Crippen molar-refractivity contribution >= 4 is 10.9 Å². The van der Waals surface area contributed by atoms with Crippen LogP contribution in [0.2, 0.25) is 0 Å². The third kappa shape index (κ3) is 2.75. The van der Waals surface area contributed by atoms with Crippen LogP contribution in [0.15, 0.2) is 47.8 Å². The molecule has 2 aromatic heterocycles. The highest BCUT2D eigenvalue weighted by Crippen LogP contribution is 2.05. The average Bonchev–Trinajstić information content (AvgIpc) is 2.97. The summed E-state index contributed by atoms with van der Waals surface area (Å²) in [4.78, 5) is 23.1. The lowest BCUT2D eigenvalue weighted by atomic mass is 10.2. The molecule has 6 nitrogen and oxygen atoms in total. The predicted molar refractivity (Wildman–Crippen MR) is 76.3 cm³/mol. The van der Waals surface area contributed by atoms with Crippen LogP contribution in [0, 0.1) is 0 Å². The van der Waals surface area contributed by atoms with E-state index in [1.54, 1.807) is 18.6 Å². The normalized spacial score (nSPS) is 11.0. The van der Waals surface area contributed by atoms with E-state index in [1.807, 2.05) is 29.0 Å². The first-order chi connectivity index (χ1) is 9.83. The smallest absolute Gasteiger partial charge is 0.258 e. The highest BCUT2D eigenvalue weighted by molar-refractivity contribution is 5.77. The number of fused-ring (bicyclic) bond motifs is 1. The van der Waals surface area contributed by atoms with Gasteiger partial charge in [-0.05, 0) is 12.1 Å². The Kier molecular flexibility index (Phi) is 3.56. The molecule has 2 N–H and O–H groups in total. The molecule has 3 rings (SSSR count). The first-order valence-electron chi connectivity index (χ1n) is 6.47. The summed E-state index contributed by atoms with van der Waals surface area (Å²) < 4.78 is 1.99. The van der Waals surface area contributed by atoms with E-state index in [0.29, 0.717) is 17.8 Å². The number of rotatable bonds is 5. The lowest BCUT2D eigenvalue weighted by molar-refractivity contribution is 0.585. The van der Waals surface area contributed by atoms with Crippen LogP contribution in [0.1, 0.15) is 5.82 Å². The SMILES string of the molecule is O=c1[nH]c(CNCCn2ccnc2)nc2ccccc12. The van der Waals surface area contributed by atoms with Gasteiger partial charge in [0.2, 0.25) is 0 Å². The minimum absolute atomic E-state index is 0.0954. The van der Waals surface area contributed by atoms with Crippen LogP contribution in [0.25, 0.3) is 10.9 Å². The van der Waals surface area contributed by atoms with E-state index in [-0.39, 0.29) is 5.56 Å². The van der Waals surface area contributed by atoms with Gasteiger partial charge in [0.25, 0.3) is 5.56 Å². The maximum atomic E-state index is 11.9. The van der Waals surface area contributed by atoms with Crippen molar-refractivity contribution in [1.82, 2.24) is 24.8 Å². The molecule has 0 aliphatic carbocycles. The van der Waals surface area contributed by atoms with Crippen LogP contribution in [0.5, 0.6) is 0 Å². The Bertz CT molecular complexity index is 748. The van der Waals surface area contributed by atoms with Gasteiger partial charge in [0.15, 0.2) is 0 Å². The van der Waals surface area contributed by atoms with Gasteiger partial charge in [-0.2, -0.15) is 0 Å². The molecule has 0 fully saturated rings. The van der Waals surface area contributed by atoms with E-state index >= 15 is 0 Å². The minimum atomic E-state index is -0.0954. The van der Waals surface area contributed by atoms with Crippen LogP contribution in [0.4, 0.5) is 0 Å². The maximum absolute atomic E-state index is 11.9. The Labute approximate surface area is 115 Å². The van der Waals surface area contributed by atoms with Gasteiger partial charge in [0, 0.05) is 25.5 Å². The van der Waals surface area contributed by atoms with Crippen molar-refractivity contribution in [2.24, 2.45) is 0 Å². The summed E-state index contributed by atoms with van der Waals surface area (Å²) >= 11 is 0. The van der Waals surface area contributed by atoms with Crippen LogP contribution >= 0.6 is 0 Å². The van der Waals surface area contributed by atoms with Gasteiger partial charge in [-0.1, -0.05) is 12.1 Å². The average molecular weight is 269 g/mol. The monoisotopic (exact) mass is 269 g/mol. The molecule has 0 unspecified atom stereocenters. The summed E-state index contributed by atoms with van der Waals surface area (Å²) in [7, 11) is 0. The zero-order chi connectivity index (χ0) is 13.8. The second-order valence-corrected chi connectivity index (χ2v) is 4.51. The number of aromatic nitrogens is 4. The fraction of sp³-hybridized carbons (Fsp3) is 0.214. The summed E-state index contributed by atoms with van der Waals surface area (Å²) in [6.45, 7) is 2.15. The summed E-state index contributed by atoms with van der Waals surface area (Å²) in [5.74, 6) is 0.652. The molecule has 3 aromatic rings. The van der Waals surface area contributed by atoms with E-state index in [9.17, 15) is 4.79 Å². The van der Waals surface area contributed by atoms with E-state index < -0.39 is 0 Å². The van der Waals surface area contributed by atoms with Crippen molar-refractivity contribution in [2.45, 2.75) is 13.1 Å². The molecule has 0 bridgehead atoms. The fourth-order valence-electron chi connectivity index (χ4n) is 2.05. The first-order valence-corrected chi connectivity index (χ1v) is 6.47. The van der Waals surface area contributed by atoms with Crippen molar-refractivity contribution < 1.29 is 0 Å². The van der Waals surface area contributed by atoms with Crippen LogP contribution in [-0.2, 0) is 13.1 Å². The van der Waals surface area contributed by atoms with Gasteiger partial charge in [-0.3, -0.25) is 4.79 Å². The quantitative estimate of drug-likeness (QED) is 0.675. The highest BCUT2D eigenvalue weighted by atomic mass is 16.1. The van der Waals surface area contributed by atoms with Crippen molar-refractivity contribution in [3.05, 3.63) is 59.2 Å². The minimum Gasteiger partial charge on any atom is -0.336 e. The number of imidazole rings is 1. The summed E-state index contributed by atoms with van der Waals surface area (Å²) in [6.07, 6.45) is 5.44. The largest absolute Gasteiger partial charge is 0.336 e. The molecule has 102 valence electrons. The molecule has 0 aliphatic heterocycles. The Morgan fingerprint density at radius 2 is 2.20 bits per heavy atom. The fourth-order valence-corrected chi connectivity index (χ4v) is 2.05. The summed E-state index contributed by atoms with van der Waals surface area (Å²) in [5.41, 5.74) is 0.629. The number of aromatic amines is 1. The molecule has 0 aliphatic rings. The number of hydrogen-bond donors (Lipinski definition) is 2. The second-order valence-electron chi connectivity index (χ2n) is 4.51. The molecule has 20 heavy (non-hydrogen) atoms. The molecule has 0 spiro atoms. The molecular weight excluding hydrogens is 254 g/mol. The van der Waals surface area contributed by atoms with E-state index in [2.05, 4.69) is 20.3 Å². The van der Waals surface area contributed by atoms with Gasteiger partial charge >= 0.3 is 0 Å². The standard InChI is InChI=1S/C14H15N5O/c20-14-11-3-1-2-4-12(11)17-13(18-14)9-15-5-7-19-8-6-16-10-19/h1-4,6,8,10,15H,5,7,9H2,(H,17,18,20). The van der Waals surface area contributed by atoms with Gasteiger partial charge < -0.3 is 14.9 Å².